The molecule has 0 aliphatic carbocycles. The molecule has 5 heteroatoms. The van der Waals surface area contributed by atoms with E-state index in [9.17, 15) is 20.4 Å². The standard InChI is InChI=1S/C9H18O5/c1-9(2,3)7-5(11)4(10)6(12)8(13)14-7/h4-8,10-13H,1-3H3/t4-,5-,6+,7?,8+/m0/s1. The lowest BCUT2D eigenvalue weighted by atomic mass is 9.81. The second kappa shape index (κ2) is 3.75. The third-order valence-corrected chi connectivity index (χ3v) is 2.44. The predicted molar refractivity (Wildman–Crippen MR) is 48.4 cm³/mol. The Morgan fingerprint density at radius 2 is 1.36 bits per heavy atom. The molecule has 1 aliphatic heterocycles. The fourth-order valence-corrected chi connectivity index (χ4v) is 1.58. The lowest BCUT2D eigenvalue weighted by Gasteiger charge is -2.43. The molecule has 0 aromatic carbocycles. The first-order valence-corrected chi connectivity index (χ1v) is 4.63. The van der Waals surface area contributed by atoms with Crippen LogP contribution in [-0.2, 0) is 4.74 Å². The molecular weight excluding hydrogens is 188 g/mol. The van der Waals surface area contributed by atoms with Gasteiger partial charge in [0.25, 0.3) is 0 Å². The van der Waals surface area contributed by atoms with Crippen LogP contribution in [0.2, 0.25) is 0 Å². The van der Waals surface area contributed by atoms with Crippen LogP contribution in [0, 0.1) is 5.41 Å². The molecule has 0 saturated carbocycles. The molecule has 0 aromatic rings. The molecule has 5 nitrogen and oxygen atoms in total. The zero-order valence-electron chi connectivity index (χ0n) is 8.58. The van der Waals surface area contributed by atoms with Crippen molar-refractivity contribution < 1.29 is 25.2 Å². The summed E-state index contributed by atoms with van der Waals surface area (Å²) in [4.78, 5) is 0. The Balaban J connectivity index is 2.81. The number of hydrogen-bond acceptors (Lipinski definition) is 5. The van der Waals surface area contributed by atoms with E-state index in [0.29, 0.717) is 0 Å². The first kappa shape index (κ1) is 11.9. The molecule has 1 rings (SSSR count). The predicted octanol–water partition coefficient (Wildman–Crippen LogP) is -1.17. The van der Waals surface area contributed by atoms with Gasteiger partial charge in [0.05, 0.1) is 6.10 Å². The minimum Gasteiger partial charge on any atom is -0.388 e. The van der Waals surface area contributed by atoms with Crippen molar-refractivity contribution in [1.82, 2.24) is 0 Å². The van der Waals surface area contributed by atoms with Crippen LogP contribution in [0.4, 0.5) is 0 Å². The largest absolute Gasteiger partial charge is 0.388 e. The highest BCUT2D eigenvalue weighted by molar-refractivity contribution is 4.93. The molecule has 5 atom stereocenters. The summed E-state index contributed by atoms with van der Waals surface area (Å²) in [5.74, 6) is 0. The highest BCUT2D eigenvalue weighted by atomic mass is 16.6. The van der Waals surface area contributed by atoms with Gasteiger partial charge in [-0.25, -0.2) is 0 Å². The van der Waals surface area contributed by atoms with Crippen molar-refractivity contribution in [3.8, 4) is 0 Å². The summed E-state index contributed by atoms with van der Waals surface area (Å²) in [5, 5.41) is 37.5. The molecule has 0 radical (unpaired) electrons. The Hall–Kier alpha value is -0.200. The number of hydrogen-bond donors (Lipinski definition) is 4. The van der Waals surface area contributed by atoms with E-state index in [0.717, 1.165) is 0 Å². The summed E-state index contributed by atoms with van der Waals surface area (Å²) in [6.45, 7) is 5.45. The maximum absolute atomic E-state index is 9.62. The highest BCUT2D eigenvalue weighted by Gasteiger charge is 2.47. The zero-order chi connectivity index (χ0) is 11.1. The lowest BCUT2D eigenvalue weighted by Crippen LogP contribution is -2.60. The third-order valence-electron chi connectivity index (χ3n) is 2.44. The summed E-state index contributed by atoms with van der Waals surface area (Å²) in [6.07, 6.45) is -6.16. The van der Waals surface area contributed by atoms with Gasteiger partial charge < -0.3 is 25.2 Å². The van der Waals surface area contributed by atoms with E-state index < -0.39 is 36.1 Å². The Labute approximate surface area is 82.9 Å². The van der Waals surface area contributed by atoms with Crippen LogP contribution in [0.5, 0.6) is 0 Å². The maximum atomic E-state index is 9.62. The van der Waals surface area contributed by atoms with Crippen LogP contribution in [0.15, 0.2) is 0 Å². The smallest absolute Gasteiger partial charge is 0.183 e. The van der Waals surface area contributed by atoms with Crippen molar-refractivity contribution in [3.63, 3.8) is 0 Å². The van der Waals surface area contributed by atoms with Gasteiger partial charge in [0.1, 0.15) is 18.3 Å². The molecule has 0 aromatic heterocycles. The summed E-state index contributed by atoms with van der Waals surface area (Å²) in [5.41, 5.74) is -0.415. The van der Waals surface area contributed by atoms with Gasteiger partial charge in [-0.15, -0.1) is 0 Å². The van der Waals surface area contributed by atoms with E-state index in [1.54, 1.807) is 0 Å². The van der Waals surface area contributed by atoms with E-state index in [1.807, 2.05) is 20.8 Å². The molecule has 0 spiro atoms. The third kappa shape index (κ3) is 2.07. The van der Waals surface area contributed by atoms with Crippen molar-refractivity contribution in [2.24, 2.45) is 5.41 Å². The lowest BCUT2D eigenvalue weighted by molar-refractivity contribution is -0.299. The molecule has 1 saturated heterocycles. The van der Waals surface area contributed by atoms with Gasteiger partial charge >= 0.3 is 0 Å². The Bertz CT molecular complexity index is 200. The minimum absolute atomic E-state index is 0.415. The van der Waals surface area contributed by atoms with Gasteiger partial charge in [-0.3, -0.25) is 0 Å². The Morgan fingerprint density at radius 3 is 1.79 bits per heavy atom. The Morgan fingerprint density at radius 1 is 0.857 bits per heavy atom. The summed E-state index contributed by atoms with van der Waals surface area (Å²) in [6, 6.07) is 0. The molecule has 0 amide bonds. The second-order valence-corrected chi connectivity index (χ2v) is 4.79. The average molecular weight is 206 g/mol. The SMILES string of the molecule is CC(C)(C)C1O[C@@H](O)[C@H](O)[C@@H](O)[C@@H]1O. The topological polar surface area (TPSA) is 90.2 Å². The maximum Gasteiger partial charge on any atom is 0.183 e. The van der Waals surface area contributed by atoms with Crippen LogP contribution >= 0.6 is 0 Å². The molecule has 1 unspecified atom stereocenters. The quantitative estimate of drug-likeness (QED) is 0.401. The molecule has 0 bridgehead atoms. The number of ether oxygens (including phenoxy) is 1. The summed E-state index contributed by atoms with van der Waals surface area (Å²) in [7, 11) is 0. The molecule has 14 heavy (non-hydrogen) atoms. The van der Waals surface area contributed by atoms with E-state index in [2.05, 4.69) is 0 Å². The fraction of sp³-hybridized carbons (Fsp3) is 1.00. The molecule has 1 heterocycles. The molecule has 4 N–H and O–H groups in total. The van der Waals surface area contributed by atoms with Crippen molar-refractivity contribution in [1.29, 1.82) is 0 Å². The number of aliphatic hydroxyl groups excluding tert-OH is 4. The minimum atomic E-state index is -1.46. The number of rotatable bonds is 0. The van der Waals surface area contributed by atoms with E-state index in [-0.39, 0.29) is 0 Å². The van der Waals surface area contributed by atoms with E-state index in [1.165, 1.54) is 0 Å². The van der Waals surface area contributed by atoms with Gasteiger partial charge in [0.2, 0.25) is 0 Å². The normalized spacial score (nSPS) is 45.2. The molecule has 1 aliphatic rings. The van der Waals surface area contributed by atoms with Gasteiger partial charge in [0.15, 0.2) is 6.29 Å². The van der Waals surface area contributed by atoms with E-state index in [4.69, 9.17) is 4.74 Å². The van der Waals surface area contributed by atoms with Crippen LogP contribution in [0.1, 0.15) is 20.8 Å². The first-order chi connectivity index (χ1) is 6.25. The zero-order valence-corrected chi connectivity index (χ0v) is 8.58. The monoisotopic (exact) mass is 206 g/mol. The van der Waals surface area contributed by atoms with Crippen molar-refractivity contribution in [2.75, 3.05) is 0 Å². The molecular formula is C9H18O5. The Kier molecular flexibility index (Phi) is 3.18. The summed E-state index contributed by atoms with van der Waals surface area (Å²) >= 11 is 0. The van der Waals surface area contributed by atoms with Crippen molar-refractivity contribution in [2.45, 2.75) is 51.5 Å². The second-order valence-electron chi connectivity index (χ2n) is 4.79. The van der Waals surface area contributed by atoms with Gasteiger partial charge in [-0.2, -0.15) is 0 Å². The van der Waals surface area contributed by atoms with Gasteiger partial charge in [0, 0.05) is 0 Å². The van der Waals surface area contributed by atoms with Crippen molar-refractivity contribution in [3.05, 3.63) is 0 Å². The average Bonchev–Trinajstić information content (AvgIpc) is 2.06. The van der Waals surface area contributed by atoms with Gasteiger partial charge in [-0.1, -0.05) is 20.8 Å². The molecule has 84 valence electrons. The number of aliphatic hydroxyl groups is 4. The highest BCUT2D eigenvalue weighted by Crippen LogP contribution is 2.32. The van der Waals surface area contributed by atoms with Crippen LogP contribution in [-0.4, -0.2) is 51.1 Å². The van der Waals surface area contributed by atoms with E-state index >= 15 is 0 Å². The van der Waals surface area contributed by atoms with Crippen LogP contribution in [0.25, 0.3) is 0 Å². The first-order valence-electron chi connectivity index (χ1n) is 4.63. The fourth-order valence-electron chi connectivity index (χ4n) is 1.58. The van der Waals surface area contributed by atoms with Crippen LogP contribution < -0.4 is 0 Å². The van der Waals surface area contributed by atoms with Gasteiger partial charge in [-0.05, 0) is 5.41 Å². The van der Waals surface area contributed by atoms with Crippen molar-refractivity contribution >= 4 is 0 Å². The van der Waals surface area contributed by atoms with Crippen LogP contribution in [0.3, 0.4) is 0 Å². The summed E-state index contributed by atoms with van der Waals surface area (Å²) < 4.78 is 5.04. The molecule has 1 fully saturated rings.